The van der Waals surface area contributed by atoms with Crippen LogP contribution in [0.4, 0.5) is 0 Å². The molecule has 0 bridgehead atoms. The Bertz CT molecular complexity index is 254. The number of esters is 1. The van der Waals surface area contributed by atoms with Gasteiger partial charge in [-0.25, -0.2) is 0 Å². The van der Waals surface area contributed by atoms with Gasteiger partial charge in [-0.2, -0.15) is 0 Å². The van der Waals surface area contributed by atoms with Gasteiger partial charge in [0, 0.05) is 6.54 Å². The molecule has 2 unspecified atom stereocenters. The molecule has 0 radical (unpaired) electrons. The fraction of sp³-hybridized carbons (Fsp3) is 0.778. The number of hydrogen-bond donors (Lipinski definition) is 1. The molecular weight excluding hydrogens is 238 g/mol. The lowest BCUT2D eigenvalue weighted by Crippen LogP contribution is -2.45. The van der Waals surface area contributed by atoms with Gasteiger partial charge in [-0.1, -0.05) is 0 Å². The minimum absolute atomic E-state index is 0.00687. The van der Waals surface area contributed by atoms with E-state index in [1.54, 1.807) is 0 Å². The molecular formula is C9H14ClNO5. The standard InChI is InChI=1S/C9H14ClNO5/c1-14-9(13)6(10)4-11-8(12)7-5-15-2-3-16-7/h6-7H,2-5H2,1H3,(H,11,12). The van der Waals surface area contributed by atoms with Crippen LogP contribution in [0.1, 0.15) is 0 Å². The van der Waals surface area contributed by atoms with Crippen LogP contribution in [-0.2, 0) is 23.8 Å². The van der Waals surface area contributed by atoms with Crippen LogP contribution in [0, 0.1) is 0 Å². The van der Waals surface area contributed by atoms with Crippen molar-refractivity contribution in [3.05, 3.63) is 0 Å². The van der Waals surface area contributed by atoms with Crippen molar-refractivity contribution in [3.8, 4) is 0 Å². The molecule has 16 heavy (non-hydrogen) atoms. The molecule has 1 heterocycles. The Kier molecular flexibility index (Phi) is 5.51. The van der Waals surface area contributed by atoms with Crippen molar-refractivity contribution in [2.45, 2.75) is 11.5 Å². The van der Waals surface area contributed by atoms with Crippen LogP contribution >= 0.6 is 11.6 Å². The monoisotopic (exact) mass is 251 g/mol. The van der Waals surface area contributed by atoms with E-state index in [2.05, 4.69) is 10.1 Å². The Morgan fingerprint density at radius 1 is 1.56 bits per heavy atom. The summed E-state index contributed by atoms with van der Waals surface area (Å²) in [5, 5.41) is 1.60. The Hall–Kier alpha value is -0.850. The molecule has 0 spiro atoms. The topological polar surface area (TPSA) is 73.9 Å². The van der Waals surface area contributed by atoms with Crippen LogP contribution in [0.5, 0.6) is 0 Å². The summed E-state index contributed by atoms with van der Waals surface area (Å²) in [7, 11) is 1.23. The number of nitrogens with one attached hydrogen (secondary N) is 1. The quantitative estimate of drug-likeness (QED) is 0.528. The highest BCUT2D eigenvalue weighted by Crippen LogP contribution is 2.02. The van der Waals surface area contributed by atoms with Gasteiger partial charge >= 0.3 is 5.97 Å². The smallest absolute Gasteiger partial charge is 0.325 e. The van der Waals surface area contributed by atoms with Gasteiger partial charge in [0.25, 0.3) is 5.91 Å². The maximum atomic E-state index is 11.5. The highest BCUT2D eigenvalue weighted by molar-refractivity contribution is 6.30. The molecule has 0 aromatic heterocycles. The predicted molar refractivity (Wildman–Crippen MR) is 55.2 cm³/mol. The SMILES string of the molecule is COC(=O)C(Cl)CNC(=O)C1COCCO1. The summed E-state index contributed by atoms with van der Waals surface area (Å²) in [5.41, 5.74) is 0. The average Bonchev–Trinajstić information content (AvgIpc) is 2.35. The molecule has 0 aliphatic carbocycles. The first-order valence-electron chi connectivity index (χ1n) is 4.84. The fourth-order valence-electron chi connectivity index (χ4n) is 1.15. The maximum Gasteiger partial charge on any atom is 0.325 e. The van der Waals surface area contributed by atoms with E-state index in [0.717, 1.165) is 0 Å². The molecule has 6 nitrogen and oxygen atoms in total. The Morgan fingerprint density at radius 3 is 2.88 bits per heavy atom. The zero-order chi connectivity index (χ0) is 12.0. The third-order valence-corrected chi connectivity index (χ3v) is 2.35. The largest absolute Gasteiger partial charge is 0.468 e. The number of carbonyl (C=O) groups excluding carboxylic acids is 2. The maximum absolute atomic E-state index is 11.5. The second kappa shape index (κ2) is 6.67. The summed E-state index contributed by atoms with van der Waals surface area (Å²) in [6.07, 6.45) is -0.629. The summed E-state index contributed by atoms with van der Waals surface area (Å²) in [5.74, 6) is -0.919. The fourth-order valence-corrected chi connectivity index (χ4v) is 1.32. The lowest BCUT2D eigenvalue weighted by atomic mass is 10.3. The van der Waals surface area contributed by atoms with Crippen molar-refractivity contribution in [2.24, 2.45) is 0 Å². The summed E-state index contributed by atoms with van der Waals surface area (Å²) < 4.78 is 14.6. The van der Waals surface area contributed by atoms with E-state index < -0.39 is 17.5 Å². The first-order valence-corrected chi connectivity index (χ1v) is 5.27. The molecule has 92 valence electrons. The number of alkyl halides is 1. The van der Waals surface area contributed by atoms with Crippen molar-refractivity contribution in [3.63, 3.8) is 0 Å². The predicted octanol–water partition coefficient (Wildman–Crippen LogP) is -0.702. The Balaban J connectivity index is 2.26. The highest BCUT2D eigenvalue weighted by atomic mass is 35.5. The first-order chi connectivity index (χ1) is 7.65. The molecule has 1 fully saturated rings. The normalized spacial score (nSPS) is 22.2. The first kappa shape index (κ1) is 13.2. The molecule has 1 N–H and O–H groups in total. The highest BCUT2D eigenvalue weighted by Gasteiger charge is 2.24. The van der Waals surface area contributed by atoms with Crippen molar-refractivity contribution in [1.82, 2.24) is 5.32 Å². The molecule has 7 heteroatoms. The van der Waals surface area contributed by atoms with Gasteiger partial charge in [-0.15, -0.1) is 11.6 Å². The summed E-state index contributed by atoms with van der Waals surface area (Å²) in [6.45, 7) is 1.10. The molecule has 0 aromatic rings. The van der Waals surface area contributed by atoms with Crippen molar-refractivity contribution >= 4 is 23.5 Å². The summed E-state index contributed by atoms with van der Waals surface area (Å²) in [6, 6.07) is 0. The van der Waals surface area contributed by atoms with E-state index >= 15 is 0 Å². The number of amides is 1. The van der Waals surface area contributed by atoms with Crippen LogP contribution in [0.2, 0.25) is 0 Å². The van der Waals surface area contributed by atoms with Gasteiger partial charge in [0.1, 0.15) is 5.38 Å². The molecule has 1 aliphatic heterocycles. The van der Waals surface area contributed by atoms with Crippen LogP contribution in [0.15, 0.2) is 0 Å². The van der Waals surface area contributed by atoms with Crippen molar-refractivity contribution in [2.75, 3.05) is 33.5 Å². The van der Waals surface area contributed by atoms with E-state index in [-0.39, 0.29) is 19.1 Å². The number of halogens is 1. The van der Waals surface area contributed by atoms with Gasteiger partial charge < -0.3 is 19.5 Å². The van der Waals surface area contributed by atoms with Gasteiger partial charge in [-0.3, -0.25) is 9.59 Å². The molecule has 0 saturated carbocycles. The number of ether oxygens (including phenoxy) is 3. The van der Waals surface area contributed by atoms with Crippen LogP contribution in [0.25, 0.3) is 0 Å². The Morgan fingerprint density at radius 2 is 2.31 bits per heavy atom. The zero-order valence-electron chi connectivity index (χ0n) is 8.90. The Labute approximate surface area is 98.2 Å². The second-order valence-corrected chi connectivity index (χ2v) is 3.70. The van der Waals surface area contributed by atoms with Gasteiger partial charge in [0.15, 0.2) is 6.10 Å². The van der Waals surface area contributed by atoms with Gasteiger partial charge in [0.2, 0.25) is 0 Å². The second-order valence-electron chi connectivity index (χ2n) is 3.17. The molecule has 2 atom stereocenters. The molecule has 1 amide bonds. The lowest BCUT2D eigenvalue weighted by Gasteiger charge is -2.22. The average molecular weight is 252 g/mol. The summed E-state index contributed by atoms with van der Waals surface area (Å²) >= 11 is 5.65. The number of hydrogen-bond acceptors (Lipinski definition) is 5. The molecule has 1 saturated heterocycles. The van der Waals surface area contributed by atoms with E-state index in [1.807, 2.05) is 0 Å². The minimum atomic E-state index is -0.890. The third kappa shape index (κ3) is 3.96. The van der Waals surface area contributed by atoms with Gasteiger partial charge in [-0.05, 0) is 0 Å². The van der Waals surface area contributed by atoms with E-state index in [1.165, 1.54) is 7.11 Å². The van der Waals surface area contributed by atoms with Crippen LogP contribution in [-0.4, -0.2) is 56.8 Å². The number of carbonyl (C=O) groups is 2. The molecule has 1 aliphatic rings. The minimum Gasteiger partial charge on any atom is -0.468 e. The molecule has 0 aromatic carbocycles. The number of methoxy groups -OCH3 is 1. The number of rotatable bonds is 4. The zero-order valence-corrected chi connectivity index (χ0v) is 9.66. The summed E-state index contributed by atoms with van der Waals surface area (Å²) in [4.78, 5) is 22.4. The van der Waals surface area contributed by atoms with Crippen molar-refractivity contribution in [1.29, 1.82) is 0 Å². The van der Waals surface area contributed by atoms with E-state index in [9.17, 15) is 9.59 Å². The third-order valence-electron chi connectivity index (χ3n) is 2.02. The van der Waals surface area contributed by atoms with E-state index in [4.69, 9.17) is 21.1 Å². The van der Waals surface area contributed by atoms with Crippen molar-refractivity contribution < 1.29 is 23.8 Å². The van der Waals surface area contributed by atoms with Crippen LogP contribution < -0.4 is 5.32 Å². The lowest BCUT2D eigenvalue weighted by molar-refractivity contribution is -0.147. The van der Waals surface area contributed by atoms with Crippen LogP contribution in [0.3, 0.4) is 0 Å². The van der Waals surface area contributed by atoms with Gasteiger partial charge in [0.05, 0.1) is 26.9 Å². The molecule has 1 rings (SSSR count). The van der Waals surface area contributed by atoms with E-state index in [0.29, 0.717) is 13.2 Å².